The average molecular weight is 232 g/mol. The molecule has 0 fully saturated rings. The van der Waals surface area contributed by atoms with E-state index in [1.54, 1.807) is 0 Å². The molecule has 2 radical (unpaired) electrons. The van der Waals surface area contributed by atoms with Crippen LogP contribution < -0.4 is 0 Å². The lowest BCUT2D eigenvalue weighted by Gasteiger charge is -2.28. The van der Waals surface area contributed by atoms with Gasteiger partial charge in [0.15, 0.2) is 0 Å². The number of benzene rings is 1. The molecule has 0 atom stereocenters. The van der Waals surface area contributed by atoms with Gasteiger partial charge in [0.2, 0.25) is 0 Å². The molecule has 0 aliphatic heterocycles. The molecule has 0 aromatic heterocycles. The first-order chi connectivity index (χ1) is 7.57. The highest BCUT2D eigenvalue weighted by atomic mass is 16.3. The van der Waals surface area contributed by atoms with E-state index in [-0.39, 0.29) is 10.8 Å². The van der Waals surface area contributed by atoms with Crippen LogP contribution in [-0.2, 0) is 17.3 Å². The predicted octanol–water partition coefficient (Wildman–Crippen LogP) is 4.24. The maximum absolute atomic E-state index is 10.4. The Kier molecular flexibility index (Phi) is 3.61. The van der Waals surface area contributed by atoms with Crippen molar-refractivity contribution < 1.29 is 5.11 Å². The SMILES string of the molecule is [CH]Cc1cc(C(C)(C)C)c(O)c(C(C)(C)C)c1. The summed E-state index contributed by atoms with van der Waals surface area (Å²) in [5.74, 6) is 0.419. The molecule has 0 amide bonds. The monoisotopic (exact) mass is 232 g/mol. The van der Waals surface area contributed by atoms with Gasteiger partial charge in [-0.3, -0.25) is 0 Å². The molecule has 0 heterocycles. The van der Waals surface area contributed by atoms with Gasteiger partial charge in [0.1, 0.15) is 5.75 Å². The molecule has 1 aromatic carbocycles. The summed E-state index contributed by atoms with van der Waals surface area (Å²) >= 11 is 0. The number of hydrogen-bond donors (Lipinski definition) is 1. The van der Waals surface area contributed by atoms with Crippen molar-refractivity contribution in [3.05, 3.63) is 35.7 Å². The largest absolute Gasteiger partial charge is 0.507 e. The Hall–Kier alpha value is -0.980. The first kappa shape index (κ1) is 14.1. The molecule has 1 rings (SSSR count). The minimum Gasteiger partial charge on any atom is -0.507 e. The van der Waals surface area contributed by atoms with Crippen molar-refractivity contribution in [3.8, 4) is 5.75 Å². The van der Waals surface area contributed by atoms with Crippen molar-refractivity contribution in [2.75, 3.05) is 0 Å². The van der Waals surface area contributed by atoms with Crippen molar-refractivity contribution in [1.82, 2.24) is 0 Å². The molecule has 1 aromatic rings. The van der Waals surface area contributed by atoms with Crippen LogP contribution in [-0.4, -0.2) is 5.11 Å². The van der Waals surface area contributed by atoms with Crippen LogP contribution in [0.4, 0.5) is 0 Å². The van der Waals surface area contributed by atoms with E-state index in [4.69, 9.17) is 6.92 Å². The molecule has 0 bridgehead atoms. The van der Waals surface area contributed by atoms with E-state index in [1.165, 1.54) is 0 Å². The summed E-state index contributed by atoms with van der Waals surface area (Å²) in [6.07, 6.45) is 0.506. The molecular formula is C16H24O. The molecule has 1 nitrogen and oxygen atoms in total. The summed E-state index contributed by atoms with van der Waals surface area (Å²) in [5, 5.41) is 10.4. The zero-order valence-corrected chi connectivity index (χ0v) is 11.9. The van der Waals surface area contributed by atoms with E-state index in [1.807, 2.05) is 12.1 Å². The van der Waals surface area contributed by atoms with Gasteiger partial charge < -0.3 is 5.11 Å². The normalized spacial score (nSPS) is 12.9. The summed E-state index contributed by atoms with van der Waals surface area (Å²) in [4.78, 5) is 0. The Morgan fingerprint density at radius 1 is 0.941 bits per heavy atom. The van der Waals surface area contributed by atoms with Gasteiger partial charge in [0.05, 0.1) is 0 Å². The van der Waals surface area contributed by atoms with E-state index in [2.05, 4.69) is 41.5 Å². The minimum atomic E-state index is -0.0741. The van der Waals surface area contributed by atoms with Crippen LogP contribution in [0.15, 0.2) is 12.1 Å². The van der Waals surface area contributed by atoms with Gasteiger partial charge in [0.25, 0.3) is 0 Å². The minimum absolute atomic E-state index is 0.0741. The van der Waals surface area contributed by atoms with Crippen LogP contribution in [0, 0.1) is 6.92 Å². The Balaban J connectivity index is 3.53. The second kappa shape index (κ2) is 4.36. The van der Waals surface area contributed by atoms with Crippen molar-refractivity contribution in [2.24, 2.45) is 0 Å². The summed E-state index contributed by atoms with van der Waals surface area (Å²) in [6, 6.07) is 4.04. The summed E-state index contributed by atoms with van der Waals surface area (Å²) in [5.41, 5.74) is 2.89. The van der Waals surface area contributed by atoms with Crippen molar-refractivity contribution in [3.63, 3.8) is 0 Å². The van der Waals surface area contributed by atoms with Gasteiger partial charge in [0, 0.05) is 0 Å². The van der Waals surface area contributed by atoms with Crippen LogP contribution >= 0.6 is 0 Å². The second-order valence-corrected chi connectivity index (χ2v) is 6.74. The number of hydrogen-bond acceptors (Lipinski definition) is 1. The molecule has 1 heteroatoms. The van der Waals surface area contributed by atoms with Crippen LogP contribution in [0.5, 0.6) is 5.75 Å². The Labute approximate surface area is 106 Å². The molecule has 0 saturated heterocycles. The lowest BCUT2D eigenvalue weighted by atomic mass is 9.78. The third-order valence-corrected chi connectivity index (χ3v) is 3.02. The predicted molar refractivity (Wildman–Crippen MR) is 73.5 cm³/mol. The molecule has 0 saturated carbocycles. The quantitative estimate of drug-likeness (QED) is 0.767. The standard InChI is InChI=1S/C16H24O/c1-8-11-9-12(15(2,3)4)14(17)13(10-11)16(5,6)7/h1,9-10,17H,8H2,2-7H3. The van der Waals surface area contributed by atoms with E-state index in [0.717, 1.165) is 16.7 Å². The average Bonchev–Trinajstić information content (AvgIpc) is 2.14. The maximum Gasteiger partial charge on any atom is 0.123 e. The summed E-state index contributed by atoms with van der Waals surface area (Å²) < 4.78 is 0. The highest BCUT2D eigenvalue weighted by Crippen LogP contribution is 2.39. The Morgan fingerprint density at radius 2 is 1.29 bits per heavy atom. The van der Waals surface area contributed by atoms with Crippen molar-refractivity contribution in [2.45, 2.75) is 58.8 Å². The van der Waals surface area contributed by atoms with Gasteiger partial charge in [-0.1, -0.05) is 53.7 Å². The Bertz CT molecular complexity index is 368. The highest BCUT2D eigenvalue weighted by molar-refractivity contribution is 5.49. The molecule has 94 valence electrons. The molecule has 17 heavy (non-hydrogen) atoms. The lowest BCUT2D eigenvalue weighted by molar-refractivity contribution is 0.423. The third kappa shape index (κ3) is 3.02. The van der Waals surface area contributed by atoms with Crippen LogP contribution in [0.1, 0.15) is 58.2 Å². The number of aromatic hydroxyl groups is 1. The van der Waals surface area contributed by atoms with Gasteiger partial charge in [-0.25, -0.2) is 0 Å². The topological polar surface area (TPSA) is 20.2 Å². The fourth-order valence-electron chi connectivity index (χ4n) is 1.96. The zero-order valence-electron chi connectivity index (χ0n) is 11.9. The van der Waals surface area contributed by atoms with Crippen LogP contribution in [0.25, 0.3) is 0 Å². The lowest BCUT2D eigenvalue weighted by Crippen LogP contribution is -2.17. The van der Waals surface area contributed by atoms with Crippen LogP contribution in [0.2, 0.25) is 0 Å². The molecule has 1 N–H and O–H groups in total. The highest BCUT2D eigenvalue weighted by Gasteiger charge is 2.26. The first-order valence-corrected chi connectivity index (χ1v) is 6.14. The summed E-state index contributed by atoms with van der Waals surface area (Å²) in [7, 11) is 0. The molecule has 0 spiro atoms. The van der Waals surface area contributed by atoms with Crippen LogP contribution in [0.3, 0.4) is 0 Å². The second-order valence-electron chi connectivity index (χ2n) is 6.74. The Morgan fingerprint density at radius 3 is 1.53 bits per heavy atom. The fraction of sp³-hybridized carbons (Fsp3) is 0.562. The van der Waals surface area contributed by atoms with E-state index in [9.17, 15) is 5.11 Å². The number of phenols is 1. The molecule has 0 unspecified atom stereocenters. The number of rotatable bonds is 1. The fourth-order valence-corrected chi connectivity index (χ4v) is 1.96. The van der Waals surface area contributed by atoms with Gasteiger partial charge in [-0.15, -0.1) is 0 Å². The zero-order chi connectivity index (χ0) is 13.4. The summed E-state index contributed by atoms with van der Waals surface area (Å²) in [6.45, 7) is 18.4. The first-order valence-electron chi connectivity index (χ1n) is 6.14. The molecular weight excluding hydrogens is 208 g/mol. The van der Waals surface area contributed by atoms with E-state index >= 15 is 0 Å². The van der Waals surface area contributed by atoms with Crippen molar-refractivity contribution in [1.29, 1.82) is 0 Å². The number of phenolic OH excluding ortho intramolecular Hbond substituents is 1. The van der Waals surface area contributed by atoms with Crippen molar-refractivity contribution >= 4 is 0 Å². The van der Waals surface area contributed by atoms with E-state index < -0.39 is 0 Å². The van der Waals surface area contributed by atoms with Gasteiger partial charge in [-0.05, 0) is 40.9 Å². The third-order valence-electron chi connectivity index (χ3n) is 3.02. The maximum atomic E-state index is 10.4. The van der Waals surface area contributed by atoms with Gasteiger partial charge >= 0.3 is 0 Å². The smallest absolute Gasteiger partial charge is 0.123 e. The molecule has 0 aliphatic rings. The van der Waals surface area contributed by atoms with Gasteiger partial charge in [-0.2, -0.15) is 0 Å². The molecule has 0 aliphatic carbocycles. The van der Waals surface area contributed by atoms with E-state index in [0.29, 0.717) is 12.2 Å².